The van der Waals surface area contributed by atoms with Crippen LogP contribution in [-0.4, -0.2) is 10.7 Å². The van der Waals surface area contributed by atoms with Gasteiger partial charge < -0.3 is 5.11 Å². The van der Waals surface area contributed by atoms with Crippen molar-refractivity contribution < 1.29 is 5.11 Å². The number of hydrogen-bond donors (Lipinski definition) is 1. The molecular weight excluding hydrogens is 220 g/mol. The van der Waals surface area contributed by atoms with Crippen molar-refractivity contribution in [1.82, 2.24) is 0 Å². The van der Waals surface area contributed by atoms with E-state index in [1.54, 1.807) is 0 Å². The molecule has 0 heterocycles. The second-order valence-electron chi connectivity index (χ2n) is 5.94. The first kappa shape index (κ1) is 18.0. The minimum atomic E-state index is -0.383. The van der Waals surface area contributed by atoms with E-state index >= 15 is 0 Å². The van der Waals surface area contributed by atoms with Crippen molar-refractivity contribution in [2.75, 3.05) is 0 Å². The molecule has 0 spiro atoms. The van der Waals surface area contributed by atoms with Gasteiger partial charge in [-0.05, 0) is 31.6 Å². The molecule has 0 bridgehead atoms. The molecule has 0 aromatic heterocycles. The third-order valence-electron chi connectivity index (χ3n) is 4.19. The standard InChI is InChI=1S/C17H36O/c1-5-9-11-13-16(12-10-6-2)17(18,14-7-3)15-8-4/h16,18H,5-15H2,1-4H3. The highest BCUT2D eigenvalue weighted by Gasteiger charge is 2.33. The smallest absolute Gasteiger partial charge is 0.0675 e. The molecule has 1 nitrogen and oxygen atoms in total. The molecule has 110 valence electrons. The van der Waals surface area contributed by atoms with Gasteiger partial charge in [-0.1, -0.05) is 72.6 Å². The van der Waals surface area contributed by atoms with Crippen LogP contribution in [0.25, 0.3) is 0 Å². The van der Waals surface area contributed by atoms with Gasteiger partial charge in [-0.3, -0.25) is 0 Å². The Balaban J connectivity index is 4.51. The van der Waals surface area contributed by atoms with E-state index < -0.39 is 0 Å². The molecule has 18 heavy (non-hydrogen) atoms. The van der Waals surface area contributed by atoms with Crippen molar-refractivity contribution in [2.45, 2.75) is 104 Å². The highest BCUT2D eigenvalue weighted by atomic mass is 16.3. The van der Waals surface area contributed by atoms with Crippen LogP contribution in [0.2, 0.25) is 0 Å². The quantitative estimate of drug-likeness (QED) is 0.444. The van der Waals surface area contributed by atoms with Gasteiger partial charge in [-0.25, -0.2) is 0 Å². The van der Waals surface area contributed by atoms with E-state index in [2.05, 4.69) is 27.7 Å². The molecule has 0 aromatic carbocycles. The van der Waals surface area contributed by atoms with Crippen LogP contribution < -0.4 is 0 Å². The Morgan fingerprint density at radius 3 is 1.67 bits per heavy atom. The average Bonchev–Trinajstić information content (AvgIpc) is 2.34. The third kappa shape index (κ3) is 6.78. The van der Waals surface area contributed by atoms with Crippen molar-refractivity contribution in [1.29, 1.82) is 0 Å². The summed E-state index contributed by atoms with van der Waals surface area (Å²) in [7, 11) is 0. The highest BCUT2D eigenvalue weighted by molar-refractivity contribution is 4.85. The van der Waals surface area contributed by atoms with Crippen molar-refractivity contribution in [2.24, 2.45) is 5.92 Å². The maximum atomic E-state index is 11.0. The van der Waals surface area contributed by atoms with Gasteiger partial charge in [0.1, 0.15) is 0 Å². The van der Waals surface area contributed by atoms with Gasteiger partial charge in [0, 0.05) is 0 Å². The largest absolute Gasteiger partial charge is 0.390 e. The van der Waals surface area contributed by atoms with Gasteiger partial charge in [0.05, 0.1) is 5.60 Å². The van der Waals surface area contributed by atoms with Gasteiger partial charge in [0.25, 0.3) is 0 Å². The minimum Gasteiger partial charge on any atom is -0.390 e. The van der Waals surface area contributed by atoms with E-state index in [0.717, 1.165) is 25.7 Å². The Hall–Kier alpha value is -0.0400. The van der Waals surface area contributed by atoms with Crippen molar-refractivity contribution in [3.05, 3.63) is 0 Å². The molecule has 0 aliphatic carbocycles. The Labute approximate surface area is 115 Å². The predicted octanol–water partition coefficient (Wildman–Crippen LogP) is 5.70. The van der Waals surface area contributed by atoms with Crippen LogP contribution in [0.3, 0.4) is 0 Å². The highest BCUT2D eigenvalue weighted by Crippen LogP contribution is 2.35. The Bertz CT molecular complexity index is 170. The van der Waals surface area contributed by atoms with Crippen LogP contribution in [0, 0.1) is 5.92 Å². The molecule has 1 unspecified atom stereocenters. The first-order valence-electron chi connectivity index (χ1n) is 8.36. The van der Waals surface area contributed by atoms with Crippen molar-refractivity contribution in [3.63, 3.8) is 0 Å². The van der Waals surface area contributed by atoms with Gasteiger partial charge >= 0.3 is 0 Å². The van der Waals surface area contributed by atoms with Gasteiger partial charge in [0.2, 0.25) is 0 Å². The summed E-state index contributed by atoms with van der Waals surface area (Å²) in [6.07, 6.45) is 13.0. The summed E-state index contributed by atoms with van der Waals surface area (Å²) in [5, 5.41) is 11.0. The zero-order chi connectivity index (χ0) is 13.9. The fourth-order valence-electron chi connectivity index (χ4n) is 3.17. The van der Waals surface area contributed by atoms with Crippen LogP contribution in [-0.2, 0) is 0 Å². The molecule has 1 N–H and O–H groups in total. The molecule has 0 saturated carbocycles. The maximum absolute atomic E-state index is 11.0. The molecule has 1 atom stereocenters. The minimum absolute atomic E-state index is 0.383. The van der Waals surface area contributed by atoms with E-state index in [4.69, 9.17) is 0 Å². The Morgan fingerprint density at radius 1 is 0.722 bits per heavy atom. The monoisotopic (exact) mass is 256 g/mol. The second kappa shape index (κ2) is 10.8. The first-order valence-corrected chi connectivity index (χ1v) is 8.36. The first-order chi connectivity index (χ1) is 8.64. The molecule has 0 aromatic rings. The van der Waals surface area contributed by atoms with Gasteiger partial charge in [-0.15, -0.1) is 0 Å². The average molecular weight is 256 g/mol. The summed E-state index contributed by atoms with van der Waals surface area (Å²) in [5.41, 5.74) is -0.383. The lowest BCUT2D eigenvalue weighted by molar-refractivity contribution is -0.0428. The third-order valence-corrected chi connectivity index (χ3v) is 4.19. The summed E-state index contributed by atoms with van der Waals surface area (Å²) in [4.78, 5) is 0. The summed E-state index contributed by atoms with van der Waals surface area (Å²) in [6, 6.07) is 0. The Kier molecular flexibility index (Phi) is 10.8. The zero-order valence-corrected chi connectivity index (χ0v) is 13.3. The molecule has 0 aliphatic rings. The summed E-state index contributed by atoms with van der Waals surface area (Å²) in [6.45, 7) is 8.90. The molecule has 0 aliphatic heterocycles. The lowest BCUT2D eigenvalue weighted by Crippen LogP contribution is -2.38. The normalized spacial score (nSPS) is 13.8. The van der Waals surface area contributed by atoms with Crippen LogP contribution in [0.4, 0.5) is 0 Å². The molecule has 0 fully saturated rings. The van der Waals surface area contributed by atoms with Crippen LogP contribution in [0.1, 0.15) is 98.3 Å². The summed E-state index contributed by atoms with van der Waals surface area (Å²) in [5.74, 6) is 0.531. The molecule has 0 amide bonds. The summed E-state index contributed by atoms with van der Waals surface area (Å²) >= 11 is 0. The fourth-order valence-corrected chi connectivity index (χ4v) is 3.17. The Morgan fingerprint density at radius 2 is 1.22 bits per heavy atom. The van der Waals surface area contributed by atoms with E-state index in [1.807, 2.05) is 0 Å². The van der Waals surface area contributed by atoms with Crippen molar-refractivity contribution >= 4 is 0 Å². The van der Waals surface area contributed by atoms with E-state index in [0.29, 0.717) is 5.92 Å². The topological polar surface area (TPSA) is 20.2 Å². The van der Waals surface area contributed by atoms with Crippen LogP contribution in [0.15, 0.2) is 0 Å². The second-order valence-corrected chi connectivity index (χ2v) is 5.94. The molecule has 0 rings (SSSR count). The molecular formula is C17H36O. The predicted molar refractivity (Wildman–Crippen MR) is 81.9 cm³/mol. The van der Waals surface area contributed by atoms with Gasteiger partial charge in [0.15, 0.2) is 0 Å². The SMILES string of the molecule is CCCCCC(CCCC)C(O)(CCC)CCC. The molecule has 0 saturated heterocycles. The fraction of sp³-hybridized carbons (Fsp3) is 1.00. The molecule has 1 heteroatoms. The zero-order valence-electron chi connectivity index (χ0n) is 13.3. The number of unbranched alkanes of at least 4 members (excludes halogenated alkanes) is 3. The lowest BCUT2D eigenvalue weighted by Gasteiger charge is -2.37. The number of aliphatic hydroxyl groups is 1. The van der Waals surface area contributed by atoms with E-state index in [1.165, 1.54) is 44.9 Å². The van der Waals surface area contributed by atoms with E-state index in [9.17, 15) is 5.11 Å². The number of hydrogen-bond acceptors (Lipinski definition) is 1. The summed E-state index contributed by atoms with van der Waals surface area (Å²) < 4.78 is 0. The maximum Gasteiger partial charge on any atom is 0.0675 e. The van der Waals surface area contributed by atoms with Crippen LogP contribution in [0.5, 0.6) is 0 Å². The molecule has 0 radical (unpaired) electrons. The van der Waals surface area contributed by atoms with Gasteiger partial charge in [-0.2, -0.15) is 0 Å². The number of rotatable bonds is 12. The van der Waals surface area contributed by atoms with Crippen LogP contribution >= 0.6 is 0 Å². The van der Waals surface area contributed by atoms with E-state index in [-0.39, 0.29) is 5.60 Å². The lowest BCUT2D eigenvalue weighted by atomic mass is 9.75. The van der Waals surface area contributed by atoms with Crippen molar-refractivity contribution in [3.8, 4) is 0 Å².